The molecule has 2 unspecified atom stereocenters. The van der Waals surface area contributed by atoms with Crippen molar-refractivity contribution in [3.63, 3.8) is 0 Å². The molecule has 9 nitrogen and oxygen atoms in total. The number of quaternary nitrogens is 1. The first-order valence-electron chi connectivity index (χ1n) is 11.2. The number of carbonyl (C=O) groups excluding carboxylic acids is 1. The van der Waals surface area contributed by atoms with Gasteiger partial charge in [-0.05, 0) is 48.5 Å². The van der Waals surface area contributed by atoms with Crippen LogP contribution in [0.1, 0.15) is 10.4 Å². The summed E-state index contributed by atoms with van der Waals surface area (Å²) in [6.45, 7) is 1.98. The number of nitrogens with one attached hydrogen (secondary N) is 3. The van der Waals surface area contributed by atoms with Gasteiger partial charge in [-0.3, -0.25) is 14.9 Å². The Bertz CT molecular complexity index is 1160. The van der Waals surface area contributed by atoms with Crippen LogP contribution in [-0.4, -0.2) is 55.3 Å². The first kappa shape index (κ1) is 30.1. The molecule has 3 aromatic rings. The van der Waals surface area contributed by atoms with E-state index in [0.29, 0.717) is 45.8 Å². The number of amides is 1. The van der Waals surface area contributed by atoms with E-state index in [0.717, 1.165) is 11.4 Å². The van der Waals surface area contributed by atoms with E-state index in [-0.39, 0.29) is 30.6 Å². The van der Waals surface area contributed by atoms with Gasteiger partial charge < -0.3 is 37.8 Å². The highest BCUT2D eigenvalue weighted by molar-refractivity contribution is 6.39. The number of anilines is 2. The van der Waals surface area contributed by atoms with Crippen molar-refractivity contribution < 1.29 is 36.9 Å². The number of hydrogen-bond acceptors (Lipinski definition) is 6. The maximum absolute atomic E-state index is 12.3. The Morgan fingerprint density at radius 2 is 1.70 bits per heavy atom. The Morgan fingerprint density at radius 3 is 2.30 bits per heavy atom. The molecule has 0 radical (unpaired) electrons. The quantitative estimate of drug-likeness (QED) is 0.187. The zero-order chi connectivity index (χ0) is 26.1. The molecule has 0 aliphatic rings. The third-order valence-corrected chi connectivity index (χ3v) is 5.93. The molecule has 0 aliphatic carbocycles. The van der Waals surface area contributed by atoms with Gasteiger partial charge in [-0.2, -0.15) is 0 Å². The lowest BCUT2D eigenvalue weighted by molar-refractivity contribution is -0.881. The molecule has 3 aromatic carbocycles. The average molecular weight is 570 g/mol. The van der Waals surface area contributed by atoms with Crippen molar-refractivity contribution in [1.29, 1.82) is 0 Å². The molecule has 12 heteroatoms. The van der Waals surface area contributed by atoms with Gasteiger partial charge in [-0.25, -0.2) is 0 Å². The molecule has 0 saturated heterocycles. The number of likely N-dealkylation sites (N-methyl/N-ethyl adjacent to an activating group) is 1. The molecule has 0 aliphatic heterocycles. The number of para-hydroxylation sites is 1. The topological polar surface area (TPSA) is 118 Å². The summed E-state index contributed by atoms with van der Waals surface area (Å²) in [5, 5.41) is 28.1. The minimum atomic E-state index is -0.671. The number of aliphatic hydroxyl groups is 1. The lowest BCUT2D eigenvalue weighted by atomic mass is 10.2. The van der Waals surface area contributed by atoms with Gasteiger partial charge in [0.15, 0.2) is 0 Å². The number of aliphatic hydroxyl groups excluding tert-OH is 1. The van der Waals surface area contributed by atoms with E-state index in [9.17, 15) is 20.0 Å². The third kappa shape index (κ3) is 9.38. The number of halogens is 3. The fraction of sp³-hybridized carbons (Fsp3) is 0.240. The Balaban J connectivity index is 0.00000481. The summed E-state index contributed by atoms with van der Waals surface area (Å²) >= 11 is 12.3. The number of hydrogen-bond donors (Lipinski definition) is 4. The summed E-state index contributed by atoms with van der Waals surface area (Å²) in [6.07, 6.45) is -0.671. The van der Waals surface area contributed by atoms with Crippen molar-refractivity contribution in [2.75, 3.05) is 43.9 Å². The molecule has 0 spiro atoms. The van der Waals surface area contributed by atoms with Crippen LogP contribution in [-0.2, 0) is 0 Å². The fourth-order valence-electron chi connectivity index (χ4n) is 3.40. The lowest BCUT2D eigenvalue weighted by Gasteiger charge is -2.19. The van der Waals surface area contributed by atoms with E-state index >= 15 is 0 Å². The number of nitro benzene ring substituents is 1. The second kappa shape index (κ2) is 14.6. The molecule has 3 rings (SSSR count). The molecule has 0 fully saturated rings. The summed E-state index contributed by atoms with van der Waals surface area (Å²) in [4.78, 5) is 23.6. The molecule has 2 atom stereocenters. The van der Waals surface area contributed by atoms with E-state index < -0.39 is 11.0 Å². The van der Waals surface area contributed by atoms with E-state index in [1.165, 1.54) is 24.3 Å². The predicted octanol–water partition coefficient (Wildman–Crippen LogP) is 0.524. The molecule has 1 amide bonds. The first-order valence-corrected chi connectivity index (χ1v) is 11.9. The Kier molecular flexibility index (Phi) is 11.9. The average Bonchev–Trinajstić information content (AvgIpc) is 2.85. The molecular formula is C25H27Cl3N4O5. The smallest absolute Gasteiger partial charge is 0.269 e. The number of nitrogens with zero attached hydrogens (tertiary/aromatic N) is 1. The molecule has 0 saturated carbocycles. The van der Waals surface area contributed by atoms with E-state index in [1.54, 1.807) is 42.5 Å². The number of non-ortho nitro benzene ring substituents is 1. The second-order valence-corrected chi connectivity index (χ2v) is 9.00. The number of nitro groups is 1. The van der Waals surface area contributed by atoms with Crippen molar-refractivity contribution in [2.45, 2.75) is 6.10 Å². The predicted molar refractivity (Wildman–Crippen MR) is 141 cm³/mol. The minimum absolute atomic E-state index is 0. The zero-order valence-electron chi connectivity index (χ0n) is 19.9. The highest BCUT2D eigenvalue weighted by atomic mass is 35.5. The molecule has 0 bridgehead atoms. The van der Waals surface area contributed by atoms with Gasteiger partial charge in [-0.15, -0.1) is 0 Å². The maximum atomic E-state index is 12.3. The van der Waals surface area contributed by atoms with Crippen molar-refractivity contribution in [3.05, 3.63) is 92.5 Å². The van der Waals surface area contributed by atoms with Crippen molar-refractivity contribution in [2.24, 2.45) is 0 Å². The minimum Gasteiger partial charge on any atom is -1.00 e. The van der Waals surface area contributed by atoms with Crippen LogP contribution in [0.4, 0.5) is 17.1 Å². The van der Waals surface area contributed by atoms with Crippen LogP contribution >= 0.6 is 23.2 Å². The van der Waals surface area contributed by atoms with Crippen molar-refractivity contribution >= 4 is 46.2 Å². The summed E-state index contributed by atoms with van der Waals surface area (Å²) in [6, 6.07) is 17.4. The van der Waals surface area contributed by atoms with E-state index in [1.807, 2.05) is 7.05 Å². The highest BCUT2D eigenvalue weighted by Crippen LogP contribution is 2.29. The second-order valence-electron chi connectivity index (χ2n) is 8.18. The maximum Gasteiger partial charge on any atom is 0.269 e. The summed E-state index contributed by atoms with van der Waals surface area (Å²) in [5.74, 6) is 0.168. The van der Waals surface area contributed by atoms with Gasteiger partial charge >= 0.3 is 0 Å². The van der Waals surface area contributed by atoms with Gasteiger partial charge in [0.05, 0.1) is 40.8 Å². The molecule has 0 aromatic heterocycles. The molecular weight excluding hydrogens is 543 g/mol. The van der Waals surface area contributed by atoms with E-state index in [2.05, 4.69) is 10.6 Å². The zero-order valence-corrected chi connectivity index (χ0v) is 22.2. The van der Waals surface area contributed by atoms with Crippen LogP contribution < -0.4 is 32.7 Å². The van der Waals surface area contributed by atoms with Gasteiger partial charge in [-0.1, -0.05) is 29.3 Å². The van der Waals surface area contributed by atoms with Crippen LogP contribution in [0.5, 0.6) is 5.75 Å². The van der Waals surface area contributed by atoms with Gasteiger partial charge in [0.25, 0.3) is 11.6 Å². The fourth-order valence-corrected chi connectivity index (χ4v) is 3.93. The Morgan fingerprint density at radius 1 is 1.08 bits per heavy atom. The summed E-state index contributed by atoms with van der Waals surface area (Å²) in [5.41, 5.74) is 1.47. The van der Waals surface area contributed by atoms with Gasteiger partial charge in [0.1, 0.15) is 25.0 Å². The highest BCUT2D eigenvalue weighted by Gasteiger charge is 2.14. The molecule has 0 heterocycles. The van der Waals surface area contributed by atoms with Crippen molar-refractivity contribution in [3.8, 4) is 5.75 Å². The number of rotatable bonds is 12. The van der Waals surface area contributed by atoms with Crippen LogP contribution in [0, 0.1) is 10.1 Å². The number of benzene rings is 3. The van der Waals surface area contributed by atoms with Crippen LogP contribution in [0.15, 0.2) is 66.7 Å². The van der Waals surface area contributed by atoms with Crippen molar-refractivity contribution in [1.82, 2.24) is 0 Å². The van der Waals surface area contributed by atoms with Crippen LogP contribution in [0.2, 0.25) is 10.0 Å². The SMILES string of the molecule is C[NH+](CCNc1c(Cl)cccc1Cl)CC(O)COc1ccc(NC(=O)c2ccc([N+](=O)[O-])cc2)cc1.[Cl-]. The number of ether oxygens (including phenoxy) is 1. The normalized spacial score (nSPS) is 12.1. The van der Waals surface area contributed by atoms with Crippen LogP contribution in [0.25, 0.3) is 0 Å². The molecule has 4 N–H and O–H groups in total. The Hall–Kier alpha value is -3.08. The van der Waals surface area contributed by atoms with Gasteiger partial charge in [0.2, 0.25) is 0 Å². The monoisotopic (exact) mass is 568 g/mol. The lowest BCUT2D eigenvalue weighted by Crippen LogP contribution is -3.11. The molecule has 37 heavy (non-hydrogen) atoms. The number of carbonyl (C=O) groups is 1. The van der Waals surface area contributed by atoms with E-state index in [4.69, 9.17) is 27.9 Å². The summed E-state index contributed by atoms with van der Waals surface area (Å²) < 4.78 is 5.66. The Labute approximate surface area is 230 Å². The first-order chi connectivity index (χ1) is 17.2. The summed E-state index contributed by atoms with van der Waals surface area (Å²) in [7, 11) is 1.97. The van der Waals surface area contributed by atoms with Gasteiger partial charge in [0, 0.05) is 23.4 Å². The molecule has 198 valence electrons. The third-order valence-electron chi connectivity index (χ3n) is 5.30. The standard InChI is InChI=1S/C25H26Cl2N4O5.ClH/c1-30(14-13-28-24-22(26)3-2-4-23(24)27)15-20(32)16-36-21-11-7-18(8-12-21)29-25(33)17-5-9-19(10-6-17)31(34)35;/h2-12,20,28,32H,13-16H2,1H3,(H,29,33);1H. The van der Waals surface area contributed by atoms with Crippen LogP contribution in [0.3, 0.4) is 0 Å². The largest absolute Gasteiger partial charge is 1.00 e.